The van der Waals surface area contributed by atoms with Gasteiger partial charge in [0.25, 0.3) is 0 Å². The number of rotatable bonds is 5. The summed E-state index contributed by atoms with van der Waals surface area (Å²) in [4.78, 5) is 15.0. The van der Waals surface area contributed by atoms with Gasteiger partial charge < -0.3 is 5.32 Å². The molecule has 150 valence electrons. The first-order chi connectivity index (χ1) is 12.9. The third kappa shape index (κ3) is 4.89. The molecule has 2 saturated heterocycles. The lowest BCUT2D eigenvalue weighted by atomic mass is 10.0. The van der Waals surface area contributed by atoms with E-state index in [2.05, 4.69) is 17.1 Å². The van der Waals surface area contributed by atoms with Crippen molar-refractivity contribution in [3.8, 4) is 0 Å². The van der Waals surface area contributed by atoms with E-state index in [1.165, 1.54) is 6.42 Å². The highest BCUT2D eigenvalue weighted by molar-refractivity contribution is 7.89. The number of sulfonamides is 1. The van der Waals surface area contributed by atoms with E-state index >= 15 is 0 Å². The lowest BCUT2D eigenvalue weighted by Crippen LogP contribution is -2.42. The first-order valence-corrected chi connectivity index (χ1v) is 11.5. The molecule has 1 N–H and O–H groups in total. The fourth-order valence-electron chi connectivity index (χ4n) is 3.98. The van der Waals surface area contributed by atoms with Gasteiger partial charge in [-0.25, -0.2) is 8.42 Å². The Bertz CT molecular complexity index is 773. The van der Waals surface area contributed by atoms with Crippen LogP contribution in [0.2, 0.25) is 0 Å². The van der Waals surface area contributed by atoms with E-state index in [1.807, 2.05) is 0 Å². The highest BCUT2D eigenvalue weighted by Gasteiger charge is 2.28. The smallest absolute Gasteiger partial charge is 0.243 e. The lowest BCUT2D eigenvalue weighted by molar-refractivity contribution is -0.118. The number of anilines is 1. The molecule has 3 rings (SSSR count). The van der Waals surface area contributed by atoms with Crippen molar-refractivity contribution in [1.29, 1.82) is 0 Å². The second-order valence-electron chi connectivity index (χ2n) is 7.81. The topological polar surface area (TPSA) is 69.7 Å². The molecule has 2 aliphatic heterocycles. The zero-order valence-corrected chi connectivity index (χ0v) is 17.2. The number of piperidine rings is 2. The maximum Gasteiger partial charge on any atom is 0.243 e. The van der Waals surface area contributed by atoms with Crippen molar-refractivity contribution < 1.29 is 13.2 Å². The van der Waals surface area contributed by atoms with Crippen LogP contribution in [0.3, 0.4) is 0 Å². The predicted molar refractivity (Wildman–Crippen MR) is 107 cm³/mol. The molecular formula is C20H31N3O3S. The standard InChI is InChI=1S/C20H31N3O3S/c1-16-9-10-18(21-20(24)15-22-11-7-4-8-17(22)2)14-19(16)27(25,26)23-12-5-3-6-13-23/h9-10,14,17H,3-8,11-13,15H2,1-2H3,(H,21,24). The summed E-state index contributed by atoms with van der Waals surface area (Å²) in [5.74, 6) is -0.0890. The minimum Gasteiger partial charge on any atom is -0.325 e. The zero-order valence-electron chi connectivity index (χ0n) is 16.4. The predicted octanol–water partition coefficient (Wildman–Crippen LogP) is 2.98. The minimum atomic E-state index is -3.52. The molecule has 0 aliphatic carbocycles. The van der Waals surface area contributed by atoms with E-state index in [4.69, 9.17) is 0 Å². The van der Waals surface area contributed by atoms with Crippen LogP contribution in [0, 0.1) is 6.92 Å². The van der Waals surface area contributed by atoms with Crippen molar-refractivity contribution in [2.45, 2.75) is 63.3 Å². The van der Waals surface area contributed by atoms with Gasteiger partial charge in [-0.2, -0.15) is 4.31 Å². The van der Waals surface area contributed by atoms with E-state index in [0.717, 1.165) is 38.6 Å². The molecule has 0 saturated carbocycles. The first kappa shape index (κ1) is 20.3. The normalized spacial score (nSPS) is 22.5. The molecule has 1 aromatic rings. The quantitative estimate of drug-likeness (QED) is 0.835. The third-order valence-electron chi connectivity index (χ3n) is 5.69. The number of hydrogen-bond donors (Lipinski definition) is 1. The summed E-state index contributed by atoms with van der Waals surface area (Å²) < 4.78 is 27.6. The van der Waals surface area contributed by atoms with Gasteiger partial charge in [-0.1, -0.05) is 18.9 Å². The average Bonchev–Trinajstić information content (AvgIpc) is 2.66. The molecule has 0 bridgehead atoms. The Morgan fingerprint density at radius 3 is 2.52 bits per heavy atom. The fraction of sp³-hybridized carbons (Fsp3) is 0.650. The Kier molecular flexibility index (Phi) is 6.55. The molecule has 0 spiro atoms. The van der Waals surface area contributed by atoms with Crippen molar-refractivity contribution in [2.75, 3.05) is 31.5 Å². The molecule has 27 heavy (non-hydrogen) atoms. The second kappa shape index (κ2) is 8.71. The molecule has 0 radical (unpaired) electrons. The molecule has 1 unspecified atom stereocenters. The van der Waals surface area contributed by atoms with Gasteiger partial charge in [0, 0.05) is 24.8 Å². The van der Waals surface area contributed by atoms with Crippen LogP contribution < -0.4 is 5.32 Å². The monoisotopic (exact) mass is 393 g/mol. The molecule has 7 heteroatoms. The molecule has 1 amide bonds. The van der Waals surface area contributed by atoms with Gasteiger partial charge in [0.05, 0.1) is 11.4 Å². The number of amides is 1. The Balaban J connectivity index is 1.72. The maximum atomic E-state index is 13.0. The van der Waals surface area contributed by atoms with Gasteiger partial charge in [0.15, 0.2) is 0 Å². The van der Waals surface area contributed by atoms with E-state index in [0.29, 0.717) is 41.8 Å². The molecule has 1 atom stereocenters. The number of hydrogen-bond acceptors (Lipinski definition) is 4. The average molecular weight is 394 g/mol. The second-order valence-corrected chi connectivity index (χ2v) is 9.71. The summed E-state index contributed by atoms with van der Waals surface area (Å²) in [5.41, 5.74) is 1.26. The van der Waals surface area contributed by atoms with Crippen LogP contribution in [0.25, 0.3) is 0 Å². The summed E-state index contributed by atoms with van der Waals surface area (Å²) >= 11 is 0. The molecule has 0 aromatic heterocycles. The van der Waals surface area contributed by atoms with Crippen LogP contribution in [0.1, 0.15) is 51.0 Å². The van der Waals surface area contributed by atoms with Gasteiger partial charge in [-0.3, -0.25) is 9.69 Å². The van der Waals surface area contributed by atoms with Gasteiger partial charge >= 0.3 is 0 Å². The maximum absolute atomic E-state index is 13.0. The lowest BCUT2D eigenvalue weighted by Gasteiger charge is -2.32. The Morgan fingerprint density at radius 2 is 1.81 bits per heavy atom. The largest absolute Gasteiger partial charge is 0.325 e. The number of nitrogens with zero attached hydrogens (tertiary/aromatic N) is 2. The summed E-state index contributed by atoms with van der Waals surface area (Å²) in [6, 6.07) is 5.58. The number of aryl methyl sites for hydroxylation is 1. The summed E-state index contributed by atoms with van der Waals surface area (Å²) in [6.07, 6.45) is 6.35. The van der Waals surface area contributed by atoms with E-state index < -0.39 is 10.0 Å². The van der Waals surface area contributed by atoms with Crippen molar-refractivity contribution in [2.24, 2.45) is 0 Å². The number of carbonyl (C=O) groups is 1. The van der Waals surface area contributed by atoms with Crippen molar-refractivity contribution >= 4 is 21.6 Å². The van der Waals surface area contributed by atoms with Gasteiger partial charge in [0.1, 0.15) is 0 Å². The van der Waals surface area contributed by atoms with Crippen molar-refractivity contribution in [3.05, 3.63) is 23.8 Å². The molecular weight excluding hydrogens is 362 g/mol. The molecule has 2 fully saturated rings. The number of carbonyl (C=O) groups excluding carboxylic acids is 1. The van der Waals surface area contributed by atoms with Crippen molar-refractivity contribution in [3.63, 3.8) is 0 Å². The highest BCUT2D eigenvalue weighted by Crippen LogP contribution is 2.26. The third-order valence-corrected chi connectivity index (χ3v) is 7.73. The highest BCUT2D eigenvalue weighted by atomic mass is 32.2. The number of nitrogens with one attached hydrogen (secondary N) is 1. The minimum absolute atomic E-state index is 0.0890. The van der Waals surface area contributed by atoms with Crippen molar-refractivity contribution in [1.82, 2.24) is 9.21 Å². The van der Waals surface area contributed by atoms with E-state index in [1.54, 1.807) is 29.4 Å². The van der Waals surface area contributed by atoms with Gasteiger partial charge in [-0.15, -0.1) is 0 Å². The van der Waals surface area contributed by atoms with Gasteiger partial charge in [-0.05, 0) is 63.8 Å². The van der Waals surface area contributed by atoms with E-state index in [-0.39, 0.29) is 5.91 Å². The summed E-state index contributed by atoms with van der Waals surface area (Å²) in [5, 5.41) is 2.89. The summed E-state index contributed by atoms with van der Waals surface area (Å²) in [7, 11) is -3.52. The number of benzene rings is 1. The van der Waals surface area contributed by atoms with Crippen LogP contribution in [0.4, 0.5) is 5.69 Å². The SMILES string of the molecule is Cc1ccc(NC(=O)CN2CCCCC2C)cc1S(=O)(=O)N1CCCCC1. The fourth-order valence-corrected chi connectivity index (χ4v) is 5.75. The zero-order chi connectivity index (χ0) is 19.4. The first-order valence-electron chi connectivity index (χ1n) is 10.0. The van der Waals surface area contributed by atoms with Crippen LogP contribution in [0.5, 0.6) is 0 Å². The Labute approximate surface area is 163 Å². The molecule has 2 aliphatic rings. The van der Waals surface area contributed by atoms with Crippen LogP contribution in [-0.4, -0.2) is 55.8 Å². The summed E-state index contributed by atoms with van der Waals surface area (Å²) in [6.45, 7) is 6.40. The Morgan fingerprint density at radius 1 is 1.11 bits per heavy atom. The molecule has 1 aromatic carbocycles. The van der Waals surface area contributed by atoms with Gasteiger partial charge in [0.2, 0.25) is 15.9 Å². The van der Waals surface area contributed by atoms with Crippen LogP contribution in [0.15, 0.2) is 23.1 Å². The molecule has 6 nitrogen and oxygen atoms in total. The Hall–Kier alpha value is -1.44. The molecule has 2 heterocycles. The van der Waals surface area contributed by atoms with Crippen LogP contribution in [-0.2, 0) is 14.8 Å². The van der Waals surface area contributed by atoms with Crippen LogP contribution >= 0.6 is 0 Å². The van der Waals surface area contributed by atoms with E-state index in [9.17, 15) is 13.2 Å². The number of likely N-dealkylation sites (tertiary alicyclic amines) is 1.